The van der Waals surface area contributed by atoms with Gasteiger partial charge in [0.05, 0.1) is 5.69 Å². The third-order valence-electron chi connectivity index (χ3n) is 8.42. The van der Waals surface area contributed by atoms with E-state index in [1.807, 2.05) is 59.6 Å². The molecular formula is C30H24N4O4. The maximum Gasteiger partial charge on any atom is 0.291 e. The summed E-state index contributed by atoms with van der Waals surface area (Å²) in [7, 11) is 0. The van der Waals surface area contributed by atoms with E-state index in [9.17, 15) is 14.7 Å². The quantitative estimate of drug-likeness (QED) is 0.272. The molecule has 2 aliphatic carbocycles. The summed E-state index contributed by atoms with van der Waals surface area (Å²) >= 11 is 0. The number of allylic oxidation sites excluding steroid dienone is 1. The van der Waals surface area contributed by atoms with Crippen LogP contribution in [0.15, 0.2) is 77.0 Å². The second-order valence-electron chi connectivity index (χ2n) is 10.6. The third kappa shape index (κ3) is 2.83. The number of piperidine rings is 1. The van der Waals surface area contributed by atoms with E-state index in [0.717, 1.165) is 45.2 Å². The van der Waals surface area contributed by atoms with E-state index in [0.29, 0.717) is 29.4 Å². The van der Waals surface area contributed by atoms with Crippen LogP contribution in [0.2, 0.25) is 0 Å². The lowest BCUT2D eigenvalue weighted by Crippen LogP contribution is -2.33. The molecule has 8 heteroatoms. The van der Waals surface area contributed by atoms with Gasteiger partial charge in [0.15, 0.2) is 5.76 Å². The summed E-state index contributed by atoms with van der Waals surface area (Å²) in [5.74, 6) is 0.149. The molecule has 1 aliphatic heterocycles. The van der Waals surface area contributed by atoms with Crippen molar-refractivity contribution in [1.82, 2.24) is 14.9 Å². The first kappa shape index (κ1) is 21.5. The Morgan fingerprint density at radius 3 is 2.87 bits per heavy atom. The number of rotatable bonds is 3. The summed E-state index contributed by atoms with van der Waals surface area (Å²) in [5, 5.41) is 15.3. The number of H-pyrrole nitrogens is 2. The van der Waals surface area contributed by atoms with Gasteiger partial charge >= 0.3 is 0 Å². The number of carbonyl (C=O) groups is 2. The van der Waals surface area contributed by atoms with Crippen LogP contribution in [0.3, 0.4) is 0 Å². The highest BCUT2D eigenvalue weighted by atomic mass is 16.3. The predicted molar refractivity (Wildman–Crippen MR) is 142 cm³/mol. The number of amides is 2. The zero-order valence-corrected chi connectivity index (χ0v) is 20.5. The smallest absolute Gasteiger partial charge is 0.291 e. The van der Waals surface area contributed by atoms with Gasteiger partial charge in [-0.15, -0.1) is 0 Å². The molecule has 2 aromatic carbocycles. The highest BCUT2D eigenvalue weighted by molar-refractivity contribution is 6.06. The van der Waals surface area contributed by atoms with E-state index >= 15 is 0 Å². The first-order valence-corrected chi connectivity index (χ1v) is 12.8. The number of furan rings is 1. The minimum atomic E-state index is -0.755. The van der Waals surface area contributed by atoms with Crippen molar-refractivity contribution in [3.8, 4) is 0 Å². The number of likely N-dealkylation sites (tertiary alicyclic amines) is 1. The lowest BCUT2D eigenvalue weighted by molar-refractivity contribution is 0.0803. The molecule has 1 saturated heterocycles. The maximum absolute atomic E-state index is 13.7. The molecule has 5 aromatic rings. The summed E-state index contributed by atoms with van der Waals surface area (Å²) in [6.07, 6.45) is 4.02. The van der Waals surface area contributed by atoms with Crippen molar-refractivity contribution in [1.29, 1.82) is 0 Å². The molecule has 3 unspecified atom stereocenters. The highest BCUT2D eigenvalue weighted by Gasteiger charge is 2.68. The molecule has 3 atom stereocenters. The summed E-state index contributed by atoms with van der Waals surface area (Å²) in [4.78, 5) is 34.8. The minimum absolute atomic E-state index is 0.115. The van der Waals surface area contributed by atoms with E-state index in [1.54, 1.807) is 12.1 Å². The molecule has 1 saturated carbocycles. The number of anilines is 1. The van der Waals surface area contributed by atoms with Crippen LogP contribution in [0.5, 0.6) is 0 Å². The van der Waals surface area contributed by atoms with Gasteiger partial charge in [-0.1, -0.05) is 18.2 Å². The van der Waals surface area contributed by atoms with Gasteiger partial charge in [0.25, 0.3) is 11.8 Å². The van der Waals surface area contributed by atoms with Crippen LogP contribution in [-0.4, -0.2) is 38.3 Å². The van der Waals surface area contributed by atoms with Crippen LogP contribution >= 0.6 is 0 Å². The van der Waals surface area contributed by atoms with Crippen LogP contribution in [0.4, 0.5) is 5.69 Å². The fraction of sp³-hybridized carbons (Fsp3) is 0.200. The molecule has 38 heavy (non-hydrogen) atoms. The molecular weight excluding hydrogens is 480 g/mol. The number of fused-ring (bicyclic) bond motifs is 3. The average Bonchev–Trinajstić information content (AvgIpc) is 3.37. The van der Waals surface area contributed by atoms with Crippen molar-refractivity contribution in [3.05, 3.63) is 101 Å². The number of nitrogens with one attached hydrogen (secondary N) is 3. The van der Waals surface area contributed by atoms with Crippen molar-refractivity contribution in [2.75, 3.05) is 11.9 Å². The predicted octanol–water partition coefficient (Wildman–Crippen LogP) is 5.15. The van der Waals surface area contributed by atoms with Gasteiger partial charge in [0.1, 0.15) is 17.4 Å². The molecule has 0 radical (unpaired) electrons. The number of aromatic amines is 2. The topological polar surface area (TPSA) is 114 Å². The van der Waals surface area contributed by atoms with E-state index in [-0.39, 0.29) is 23.0 Å². The van der Waals surface area contributed by atoms with Gasteiger partial charge in [0.2, 0.25) is 0 Å². The molecule has 188 valence electrons. The number of carbonyl (C=O) groups excluding carboxylic acids is 2. The lowest BCUT2D eigenvalue weighted by atomic mass is 9.83. The zero-order valence-electron chi connectivity index (χ0n) is 20.5. The Kier molecular flexibility index (Phi) is 4.11. The van der Waals surface area contributed by atoms with Gasteiger partial charge in [-0.3, -0.25) is 9.59 Å². The Labute approximate surface area is 216 Å². The van der Waals surface area contributed by atoms with Crippen molar-refractivity contribution in [2.24, 2.45) is 5.92 Å². The number of benzene rings is 2. The molecule has 8 rings (SSSR count). The van der Waals surface area contributed by atoms with Crippen molar-refractivity contribution in [3.63, 3.8) is 0 Å². The van der Waals surface area contributed by atoms with Crippen molar-refractivity contribution in [2.45, 2.75) is 24.9 Å². The number of aliphatic hydroxyl groups excluding tert-OH is 1. The molecule has 4 heterocycles. The highest BCUT2D eigenvalue weighted by Crippen LogP contribution is 2.68. The molecule has 4 N–H and O–H groups in total. The normalized spacial score (nSPS) is 23.2. The number of aromatic nitrogens is 2. The van der Waals surface area contributed by atoms with E-state index in [4.69, 9.17) is 4.42 Å². The van der Waals surface area contributed by atoms with Crippen LogP contribution in [0.1, 0.15) is 50.4 Å². The van der Waals surface area contributed by atoms with Crippen LogP contribution in [-0.2, 0) is 5.41 Å². The summed E-state index contributed by atoms with van der Waals surface area (Å²) in [5.41, 5.74) is 6.42. The fourth-order valence-electron chi connectivity index (χ4n) is 6.65. The maximum atomic E-state index is 13.7. The lowest BCUT2D eigenvalue weighted by Gasteiger charge is -2.30. The first-order chi connectivity index (χ1) is 18.4. The van der Waals surface area contributed by atoms with Gasteiger partial charge < -0.3 is 29.7 Å². The van der Waals surface area contributed by atoms with Gasteiger partial charge in [0, 0.05) is 45.8 Å². The number of aliphatic hydroxyl groups is 1. The molecule has 2 fully saturated rings. The van der Waals surface area contributed by atoms with Gasteiger partial charge in [-0.05, 0) is 72.9 Å². The molecule has 0 bridgehead atoms. The van der Waals surface area contributed by atoms with E-state index in [2.05, 4.69) is 22.2 Å². The van der Waals surface area contributed by atoms with Crippen molar-refractivity contribution >= 4 is 39.4 Å². The SMILES string of the molecule is Cc1c[nH]c2c1C13CC1CN(C(=O)c1cc4cc(NC(=O)c5cc6ccccc6o5)ccc4[nH]1)C3=CC2O. The number of nitrogens with zero attached hydrogens (tertiary/aromatic N) is 1. The van der Waals surface area contributed by atoms with E-state index in [1.165, 1.54) is 0 Å². The molecule has 1 spiro atoms. The van der Waals surface area contributed by atoms with Crippen molar-refractivity contribution < 1.29 is 19.1 Å². The third-order valence-corrected chi connectivity index (χ3v) is 8.42. The van der Waals surface area contributed by atoms with Crippen LogP contribution in [0, 0.1) is 12.8 Å². The Morgan fingerprint density at radius 1 is 1.13 bits per heavy atom. The number of para-hydroxylation sites is 1. The molecule has 3 aromatic heterocycles. The van der Waals surface area contributed by atoms with Gasteiger partial charge in [-0.2, -0.15) is 0 Å². The Morgan fingerprint density at radius 2 is 2.00 bits per heavy atom. The zero-order chi connectivity index (χ0) is 25.8. The second-order valence-corrected chi connectivity index (χ2v) is 10.6. The number of aryl methyl sites for hydroxylation is 1. The number of hydrogen-bond donors (Lipinski definition) is 4. The molecule has 2 amide bonds. The Balaban J connectivity index is 1.07. The van der Waals surface area contributed by atoms with Gasteiger partial charge in [-0.25, -0.2) is 0 Å². The number of hydrogen-bond acceptors (Lipinski definition) is 4. The minimum Gasteiger partial charge on any atom is -0.451 e. The van der Waals surface area contributed by atoms with Crippen LogP contribution < -0.4 is 5.32 Å². The standard InChI is InChI=1S/C30H24N4O4/c1-15-13-31-27-22(35)11-25-30(26(15)27)12-18(30)14-34(25)29(37)21-9-17-8-19(6-7-20(17)33-21)32-28(36)24-10-16-4-2-3-5-23(16)38-24/h2-11,13,18,22,31,33,35H,12,14H2,1H3,(H,32,36). The fourth-order valence-corrected chi connectivity index (χ4v) is 6.65. The Bertz CT molecular complexity index is 1820. The summed E-state index contributed by atoms with van der Waals surface area (Å²) in [6.45, 7) is 2.69. The Hall–Kier alpha value is -4.56. The summed E-state index contributed by atoms with van der Waals surface area (Å²) < 4.78 is 5.68. The molecule has 3 aliphatic rings. The first-order valence-electron chi connectivity index (χ1n) is 12.8. The second kappa shape index (κ2) is 7.26. The van der Waals surface area contributed by atoms with E-state index < -0.39 is 6.10 Å². The largest absolute Gasteiger partial charge is 0.451 e. The molecule has 8 nitrogen and oxygen atoms in total. The average molecular weight is 505 g/mol. The van der Waals surface area contributed by atoms with Crippen LogP contribution in [0.25, 0.3) is 21.9 Å². The summed E-state index contributed by atoms with van der Waals surface area (Å²) in [6, 6.07) is 16.5. The monoisotopic (exact) mass is 504 g/mol.